The number of pyridine rings is 1. The van der Waals surface area contributed by atoms with Gasteiger partial charge in [-0.25, -0.2) is 9.78 Å². The topological polar surface area (TPSA) is 78.6 Å². The Kier molecular flexibility index (Phi) is 3.17. The monoisotopic (exact) mass is 281 g/mol. The van der Waals surface area contributed by atoms with E-state index >= 15 is 0 Å². The highest BCUT2D eigenvalue weighted by Gasteiger charge is 2.09. The first kappa shape index (κ1) is 13.3. The smallest absolute Gasteiger partial charge is 0.305 e. The molecule has 0 aliphatic rings. The molecule has 0 saturated heterocycles. The number of aryl methyl sites for hydroxylation is 2. The minimum Gasteiger partial charge on any atom is -0.305 e. The van der Waals surface area contributed by atoms with E-state index in [1.54, 1.807) is 0 Å². The van der Waals surface area contributed by atoms with Gasteiger partial charge in [-0.3, -0.25) is 9.78 Å². The van der Waals surface area contributed by atoms with Gasteiger partial charge in [-0.2, -0.15) is 0 Å². The molecule has 5 nitrogen and oxygen atoms in total. The van der Waals surface area contributed by atoms with Crippen LogP contribution in [0.4, 0.5) is 0 Å². The van der Waals surface area contributed by atoms with E-state index in [-0.39, 0.29) is 5.52 Å². The summed E-state index contributed by atoms with van der Waals surface area (Å²) in [5, 5.41) is 0. The van der Waals surface area contributed by atoms with Crippen LogP contribution in [0.2, 0.25) is 0 Å². The molecule has 0 spiro atoms. The van der Waals surface area contributed by atoms with E-state index in [9.17, 15) is 9.59 Å². The van der Waals surface area contributed by atoms with Gasteiger partial charge >= 0.3 is 5.69 Å². The molecule has 5 heteroatoms. The fourth-order valence-electron chi connectivity index (χ4n) is 2.36. The Bertz CT molecular complexity index is 921. The van der Waals surface area contributed by atoms with Crippen LogP contribution < -0.4 is 11.2 Å². The predicted molar refractivity (Wildman–Crippen MR) is 82.5 cm³/mol. The minimum absolute atomic E-state index is 0.254. The minimum atomic E-state index is -0.516. The van der Waals surface area contributed by atoms with Crippen LogP contribution in [0.5, 0.6) is 0 Å². The van der Waals surface area contributed by atoms with Crippen molar-refractivity contribution in [2.24, 2.45) is 0 Å². The summed E-state index contributed by atoms with van der Waals surface area (Å²) in [5.41, 5.74) is 3.49. The molecule has 2 heterocycles. The fourth-order valence-corrected chi connectivity index (χ4v) is 2.36. The zero-order chi connectivity index (χ0) is 15.0. The third-order valence-corrected chi connectivity index (χ3v) is 3.56. The Balaban J connectivity index is 2.24. The number of benzene rings is 1. The Morgan fingerprint density at radius 2 is 1.81 bits per heavy atom. The highest BCUT2D eigenvalue weighted by molar-refractivity contribution is 5.80. The number of nitrogens with one attached hydrogen (secondary N) is 2. The molecule has 0 saturated carbocycles. The molecule has 0 atom stereocenters. The van der Waals surface area contributed by atoms with Crippen molar-refractivity contribution in [2.45, 2.75) is 20.3 Å². The first-order valence-electron chi connectivity index (χ1n) is 6.81. The van der Waals surface area contributed by atoms with Crippen molar-refractivity contribution in [2.75, 3.05) is 0 Å². The lowest BCUT2D eigenvalue weighted by Crippen LogP contribution is -2.23. The van der Waals surface area contributed by atoms with E-state index in [0.29, 0.717) is 5.52 Å². The van der Waals surface area contributed by atoms with Gasteiger partial charge < -0.3 is 4.98 Å². The van der Waals surface area contributed by atoms with Crippen LogP contribution in [-0.4, -0.2) is 15.0 Å². The molecule has 0 aliphatic carbocycles. The SMILES string of the molecule is CCc1ccc(-c2cc(C)c3[nH]c(=O)[nH]c(=O)c3n2)cc1. The van der Waals surface area contributed by atoms with Gasteiger partial charge in [-0.1, -0.05) is 31.2 Å². The molecular formula is C16H15N3O2. The van der Waals surface area contributed by atoms with E-state index in [1.165, 1.54) is 5.56 Å². The van der Waals surface area contributed by atoms with E-state index < -0.39 is 11.2 Å². The van der Waals surface area contributed by atoms with Crippen molar-refractivity contribution in [3.63, 3.8) is 0 Å². The number of rotatable bonds is 2. The molecule has 0 aliphatic heterocycles. The first-order chi connectivity index (χ1) is 10.1. The molecular weight excluding hydrogens is 266 g/mol. The van der Waals surface area contributed by atoms with E-state index in [4.69, 9.17) is 0 Å². The van der Waals surface area contributed by atoms with E-state index in [2.05, 4.69) is 21.9 Å². The second kappa shape index (κ2) is 5.01. The maximum Gasteiger partial charge on any atom is 0.326 e. The first-order valence-corrected chi connectivity index (χ1v) is 6.81. The van der Waals surface area contributed by atoms with Gasteiger partial charge in [0.25, 0.3) is 5.56 Å². The average molecular weight is 281 g/mol. The van der Waals surface area contributed by atoms with Crippen LogP contribution in [0.1, 0.15) is 18.1 Å². The molecule has 0 fully saturated rings. The molecule has 0 amide bonds. The number of hydrogen-bond donors (Lipinski definition) is 2. The van der Waals surface area contributed by atoms with Gasteiger partial charge in [-0.05, 0) is 30.5 Å². The van der Waals surface area contributed by atoms with Crippen molar-refractivity contribution in [1.29, 1.82) is 0 Å². The highest BCUT2D eigenvalue weighted by Crippen LogP contribution is 2.21. The number of fused-ring (bicyclic) bond motifs is 1. The van der Waals surface area contributed by atoms with Crippen molar-refractivity contribution < 1.29 is 0 Å². The van der Waals surface area contributed by atoms with E-state index in [1.807, 2.05) is 37.3 Å². The summed E-state index contributed by atoms with van der Waals surface area (Å²) >= 11 is 0. The molecule has 2 N–H and O–H groups in total. The fraction of sp³-hybridized carbons (Fsp3) is 0.188. The van der Waals surface area contributed by atoms with Gasteiger partial charge in [0.1, 0.15) is 0 Å². The third kappa shape index (κ3) is 2.38. The van der Waals surface area contributed by atoms with Gasteiger partial charge in [0.15, 0.2) is 5.52 Å². The number of nitrogens with zero attached hydrogens (tertiary/aromatic N) is 1. The second-order valence-electron chi connectivity index (χ2n) is 5.01. The summed E-state index contributed by atoms with van der Waals surface area (Å²) in [4.78, 5) is 32.5. The highest BCUT2D eigenvalue weighted by atomic mass is 16.2. The lowest BCUT2D eigenvalue weighted by Gasteiger charge is -2.06. The van der Waals surface area contributed by atoms with Gasteiger partial charge in [0.05, 0.1) is 11.2 Å². The number of aromatic nitrogens is 3. The molecule has 0 bridgehead atoms. The maximum atomic E-state index is 11.9. The normalized spacial score (nSPS) is 11.0. The van der Waals surface area contributed by atoms with Crippen molar-refractivity contribution in [1.82, 2.24) is 15.0 Å². The maximum absolute atomic E-state index is 11.9. The van der Waals surface area contributed by atoms with Crippen molar-refractivity contribution >= 4 is 11.0 Å². The molecule has 1 aromatic carbocycles. The Labute approximate surface area is 120 Å². The Morgan fingerprint density at radius 1 is 1.10 bits per heavy atom. The summed E-state index contributed by atoms with van der Waals surface area (Å²) in [6, 6.07) is 9.96. The average Bonchev–Trinajstić information content (AvgIpc) is 2.48. The van der Waals surface area contributed by atoms with Crippen LogP contribution in [0, 0.1) is 6.92 Å². The lowest BCUT2D eigenvalue weighted by atomic mass is 10.1. The molecule has 3 aromatic rings. The van der Waals surface area contributed by atoms with Crippen LogP contribution in [-0.2, 0) is 6.42 Å². The summed E-state index contributed by atoms with van der Waals surface area (Å²) in [7, 11) is 0. The predicted octanol–water partition coefficient (Wildman–Crippen LogP) is 2.15. The van der Waals surface area contributed by atoms with Crippen molar-refractivity contribution in [3.05, 3.63) is 62.3 Å². The largest absolute Gasteiger partial charge is 0.326 e. The Hall–Kier alpha value is -2.69. The third-order valence-electron chi connectivity index (χ3n) is 3.56. The van der Waals surface area contributed by atoms with Gasteiger partial charge in [0.2, 0.25) is 0 Å². The second-order valence-corrected chi connectivity index (χ2v) is 5.01. The molecule has 2 aromatic heterocycles. The quantitative estimate of drug-likeness (QED) is 0.755. The lowest BCUT2D eigenvalue weighted by molar-refractivity contribution is 1.06. The molecule has 21 heavy (non-hydrogen) atoms. The Morgan fingerprint density at radius 3 is 2.48 bits per heavy atom. The molecule has 0 radical (unpaired) electrons. The van der Waals surface area contributed by atoms with Crippen molar-refractivity contribution in [3.8, 4) is 11.3 Å². The summed E-state index contributed by atoms with van der Waals surface area (Å²) in [5.74, 6) is 0. The summed E-state index contributed by atoms with van der Waals surface area (Å²) < 4.78 is 0. The number of aromatic amines is 2. The number of H-pyrrole nitrogens is 2. The van der Waals surface area contributed by atoms with Crippen LogP contribution >= 0.6 is 0 Å². The van der Waals surface area contributed by atoms with Gasteiger partial charge in [0, 0.05) is 5.56 Å². The molecule has 106 valence electrons. The van der Waals surface area contributed by atoms with Crippen LogP contribution in [0.25, 0.3) is 22.3 Å². The van der Waals surface area contributed by atoms with Gasteiger partial charge in [-0.15, -0.1) is 0 Å². The zero-order valence-electron chi connectivity index (χ0n) is 11.9. The molecule has 0 unspecified atom stereocenters. The standard InChI is InChI=1S/C16H15N3O2/c1-3-10-4-6-11(7-5-10)12-8-9(2)13-14(17-12)15(20)19-16(21)18-13/h4-8H,3H2,1-2H3,(H2,18,19,20,21). The number of hydrogen-bond acceptors (Lipinski definition) is 3. The van der Waals surface area contributed by atoms with E-state index in [0.717, 1.165) is 23.2 Å². The van der Waals surface area contributed by atoms with Crippen LogP contribution in [0.3, 0.4) is 0 Å². The zero-order valence-corrected chi connectivity index (χ0v) is 11.9. The molecule has 3 rings (SSSR count). The van der Waals surface area contributed by atoms with Crippen LogP contribution in [0.15, 0.2) is 39.9 Å². The summed E-state index contributed by atoms with van der Waals surface area (Å²) in [6.45, 7) is 3.95. The summed E-state index contributed by atoms with van der Waals surface area (Å²) in [6.07, 6.45) is 0.978.